The molecule has 5 rings (SSSR count). The minimum Gasteiger partial charge on any atom is -0.367 e. The van der Waals surface area contributed by atoms with Gasteiger partial charge in [-0.2, -0.15) is 0 Å². The van der Waals surface area contributed by atoms with Crippen molar-refractivity contribution in [3.05, 3.63) is 90.1 Å². The van der Waals surface area contributed by atoms with Gasteiger partial charge in [0.1, 0.15) is 0 Å². The molecule has 0 radical (unpaired) electrons. The van der Waals surface area contributed by atoms with E-state index >= 15 is 0 Å². The Morgan fingerprint density at radius 3 is 2.23 bits per heavy atom. The first kappa shape index (κ1) is 20.0. The first-order valence-corrected chi connectivity index (χ1v) is 11.7. The van der Waals surface area contributed by atoms with Crippen molar-refractivity contribution in [1.82, 2.24) is 4.98 Å². The molecule has 0 aliphatic carbocycles. The van der Waals surface area contributed by atoms with Gasteiger partial charge in [-0.25, -0.2) is 0 Å². The Kier molecular flexibility index (Phi) is 5.56. The van der Waals surface area contributed by atoms with Crippen molar-refractivity contribution >= 4 is 34.0 Å². The van der Waals surface area contributed by atoms with E-state index in [-0.39, 0.29) is 0 Å². The first-order chi connectivity index (χ1) is 15.2. The van der Waals surface area contributed by atoms with Crippen molar-refractivity contribution in [2.75, 3.05) is 36.0 Å². The number of fused-ring (bicyclic) bond motifs is 1. The van der Waals surface area contributed by atoms with Crippen LogP contribution in [0.15, 0.2) is 88.8 Å². The highest BCUT2D eigenvalue weighted by Gasteiger charge is 2.21. The molecule has 31 heavy (non-hydrogen) atoms. The topological polar surface area (TPSA) is 19.4 Å². The van der Waals surface area contributed by atoms with E-state index in [0.29, 0.717) is 0 Å². The summed E-state index contributed by atoms with van der Waals surface area (Å²) in [6, 6.07) is 26.1. The van der Waals surface area contributed by atoms with Gasteiger partial charge in [0.25, 0.3) is 0 Å². The SMILES string of the molecule is Cc1ccc(Sc2ccccc2N2CCN(c3ccnc4ccccc34)CC2)c(C)c1. The highest BCUT2D eigenvalue weighted by atomic mass is 32.2. The second kappa shape index (κ2) is 8.64. The predicted octanol–water partition coefficient (Wildman–Crippen LogP) is 6.33. The molecule has 1 aromatic heterocycles. The molecule has 4 heteroatoms. The van der Waals surface area contributed by atoms with E-state index in [0.717, 1.165) is 31.7 Å². The predicted molar refractivity (Wildman–Crippen MR) is 133 cm³/mol. The molecule has 4 aromatic rings. The fourth-order valence-corrected chi connectivity index (χ4v) is 5.42. The van der Waals surface area contributed by atoms with Crippen LogP contribution in [0.5, 0.6) is 0 Å². The van der Waals surface area contributed by atoms with E-state index in [2.05, 4.69) is 101 Å². The van der Waals surface area contributed by atoms with E-state index in [1.807, 2.05) is 18.0 Å². The molecule has 1 fully saturated rings. The molecule has 0 unspecified atom stereocenters. The lowest BCUT2D eigenvalue weighted by atomic mass is 10.1. The van der Waals surface area contributed by atoms with Gasteiger partial charge in [0.05, 0.1) is 11.2 Å². The van der Waals surface area contributed by atoms with E-state index in [1.54, 1.807) is 0 Å². The van der Waals surface area contributed by atoms with E-state index < -0.39 is 0 Å². The van der Waals surface area contributed by atoms with E-state index in [9.17, 15) is 0 Å². The molecule has 156 valence electrons. The van der Waals surface area contributed by atoms with Crippen molar-refractivity contribution in [2.24, 2.45) is 0 Å². The van der Waals surface area contributed by atoms with Crippen LogP contribution in [0, 0.1) is 13.8 Å². The van der Waals surface area contributed by atoms with Gasteiger partial charge in [-0.05, 0) is 49.7 Å². The zero-order valence-corrected chi connectivity index (χ0v) is 18.9. The molecule has 0 atom stereocenters. The summed E-state index contributed by atoms with van der Waals surface area (Å²) < 4.78 is 0. The van der Waals surface area contributed by atoms with Gasteiger partial charge in [0.15, 0.2) is 0 Å². The first-order valence-electron chi connectivity index (χ1n) is 10.9. The summed E-state index contributed by atoms with van der Waals surface area (Å²) in [6.07, 6.45) is 1.93. The van der Waals surface area contributed by atoms with Gasteiger partial charge in [-0.1, -0.05) is 59.8 Å². The van der Waals surface area contributed by atoms with Crippen molar-refractivity contribution < 1.29 is 0 Å². The normalized spacial score (nSPS) is 14.3. The number of benzene rings is 3. The van der Waals surface area contributed by atoms with Crippen LogP contribution in [0.25, 0.3) is 10.9 Å². The molecule has 0 spiro atoms. The van der Waals surface area contributed by atoms with Gasteiger partial charge in [-0.3, -0.25) is 4.98 Å². The van der Waals surface area contributed by atoms with Crippen molar-refractivity contribution in [1.29, 1.82) is 0 Å². The van der Waals surface area contributed by atoms with Crippen LogP contribution < -0.4 is 9.80 Å². The molecular weight excluding hydrogens is 398 g/mol. The molecule has 1 aliphatic heterocycles. The quantitative estimate of drug-likeness (QED) is 0.380. The molecule has 3 nitrogen and oxygen atoms in total. The van der Waals surface area contributed by atoms with Crippen molar-refractivity contribution in [3.8, 4) is 0 Å². The Bertz CT molecular complexity index is 1210. The molecule has 3 aromatic carbocycles. The Morgan fingerprint density at radius 2 is 1.42 bits per heavy atom. The Morgan fingerprint density at radius 1 is 0.710 bits per heavy atom. The second-order valence-corrected chi connectivity index (χ2v) is 9.24. The van der Waals surface area contributed by atoms with Crippen LogP contribution in [0.1, 0.15) is 11.1 Å². The summed E-state index contributed by atoms with van der Waals surface area (Å²) in [5.74, 6) is 0. The maximum atomic E-state index is 4.52. The number of pyridine rings is 1. The summed E-state index contributed by atoms with van der Waals surface area (Å²) in [4.78, 5) is 12.2. The summed E-state index contributed by atoms with van der Waals surface area (Å²) in [5, 5.41) is 1.24. The molecule has 1 aliphatic rings. The fraction of sp³-hybridized carbons (Fsp3) is 0.222. The summed E-state index contributed by atoms with van der Waals surface area (Å²) in [6.45, 7) is 8.41. The third-order valence-corrected chi connectivity index (χ3v) is 7.25. The lowest BCUT2D eigenvalue weighted by molar-refractivity contribution is 0.651. The third kappa shape index (κ3) is 4.13. The Hall–Kier alpha value is -2.98. The van der Waals surface area contributed by atoms with Gasteiger partial charge >= 0.3 is 0 Å². The van der Waals surface area contributed by atoms with Crippen LogP contribution in [0.2, 0.25) is 0 Å². The average Bonchev–Trinajstić information content (AvgIpc) is 2.81. The Labute approximate surface area is 188 Å². The number of para-hydroxylation sites is 2. The monoisotopic (exact) mass is 425 g/mol. The lowest BCUT2D eigenvalue weighted by Crippen LogP contribution is -2.46. The summed E-state index contributed by atoms with van der Waals surface area (Å²) in [7, 11) is 0. The number of nitrogens with zero attached hydrogens (tertiary/aromatic N) is 3. The highest BCUT2D eigenvalue weighted by molar-refractivity contribution is 7.99. The van der Waals surface area contributed by atoms with E-state index in [4.69, 9.17) is 0 Å². The molecule has 0 bridgehead atoms. The largest absolute Gasteiger partial charge is 0.367 e. The molecule has 1 saturated heterocycles. The number of hydrogen-bond acceptors (Lipinski definition) is 4. The zero-order valence-electron chi connectivity index (χ0n) is 18.1. The van der Waals surface area contributed by atoms with Gasteiger partial charge in [-0.15, -0.1) is 0 Å². The minimum absolute atomic E-state index is 1.01. The minimum atomic E-state index is 1.01. The number of aryl methyl sites for hydroxylation is 2. The van der Waals surface area contributed by atoms with Gasteiger partial charge in [0, 0.05) is 53.2 Å². The average molecular weight is 426 g/mol. The van der Waals surface area contributed by atoms with Gasteiger partial charge < -0.3 is 9.80 Å². The summed E-state index contributed by atoms with van der Waals surface area (Å²) >= 11 is 1.88. The Balaban J connectivity index is 1.35. The van der Waals surface area contributed by atoms with Crippen LogP contribution in [-0.2, 0) is 0 Å². The van der Waals surface area contributed by atoms with E-state index in [1.165, 1.54) is 37.7 Å². The second-order valence-electron chi connectivity index (χ2n) is 8.16. The highest BCUT2D eigenvalue weighted by Crippen LogP contribution is 2.38. The van der Waals surface area contributed by atoms with Crippen molar-refractivity contribution in [3.63, 3.8) is 0 Å². The number of anilines is 2. The number of hydrogen-bond donors (Lipinski definition) is 0. The summed E-state index contributed by atoms with van der Waals surface area (Å²) in [5.41, 5.74) is 6.36. The standard InChI is InChI=1S/C27H27N3S/c1-20-11-12-26(21(2)19-20)31-27-10-6-5-9-25(27)30-17-15-29(16-18-30)24-13-14-28-23-8-4-3-7-22(23)24/h3-14,19H,15-18H2,1-2H3. The van der Waals surface area contributed by atoms with Crippen molar-refractivity contribution in [2.45, 2.75) is 23.6 Å². The van der Waals surface area contributed by atoms with Crippen LogP contribution >= 0.6 is 11.8 Å². The number of rotatable bonds is 4. The zero-order chi connectivity index (χ0) is 21.2. The molecular formula is C27H27N3S. The molecule has 0 saturated carbocycles. The van der Waals surface area contributed by atoms with Crippen LogP contribution in [-0.4, -0.2) is 31.2 Å². The molecule has 0 N–H and O–H groups in total. The molecule has 2 heterocycles. The lowest BCUT2D eigenvalue weighted by Gasteiger charge is -2.38. The smallest absolute Gasteiger partial charge is 0.0722 e. The van der Waals surface area contributed by atoms with Crippen LogP contribution in [0.3, 0.4) is 0 Å². The number of piperazine rings is 1. The molecule has 0 amide bonds. The third-order valence-electron chi connectivity index (χ3n) is 6.00. The fourth-order valence-electron chi connectivity index (χ4n) is 4.38. The van der Waals surface area contributed by atoms with Gasteiger partial charge in [0.2, 0.25) is 0 Å². The maximum absolute atomic E-state index is 4.52. The number of aromatic nitrogens is 1. The maximum Gasteiger partial charge on any atom is 0.0722 e. The van der Waals surface area contributed by atoms with Crippen LogP contribution in [0.4, 0.5) is 11.4 Å².